The number of hydrogen-bond donors (Lipinski definition) is 2. The fraction of sp³-hybridized carbons (Fsp3) is 0.697. The van der Waals surface area contributed by atoms with Gasteiger partial charge in [0.25, 0.3) is 0 Å². The Hall–Kier alpha value is 0.0600. The van der Waals surface area contributed by atoms with E-state index in [9.17, 15) is 0 Å². The van der Waals surface area contributed by atoms with Crippen molar-refractivity contribution >= 4 is 73.2 Å². The third-order valence-electron chi connectivity index (χ3n) is 8.44. The van der Waals surface area contributed by atoms with Gasteiger partial charge >= 0.3 is 0 Å². The number of thioether (sulfide) groups is 2. The molecule has 0 amide bonds. The topological polar surface area (TPSA) is 28.3 Å². The molecule has 0 bridgehead atoms. The highest BCUT2D eigenvalue weighted by molar-refractivity contribution is 8.00. The van der Waals surface area contributed by atoms with E-state index in [-0.39, 0.29) is 10.8 Å². The van der Waals surface area contributed by atoms with E-state index in [0.29, 0.717) is 0 Å². The summed E-state index contributed by atoms with van der Waals surface area (Å²) in [6.07, 6.45) is 9.92. The fourth-order valence-electron chi connectivity index (χ4n) is 5.97. The Bertz CT molecular complexity index is 1250. The number of unbranched alkanes of at least 4 members (excludes halogenated alkanes) is 2. The molecule has 10 heteroatoms. The molecule has 0 aromatic carbocycles. The lowest BCUT2D eigenvalue weighted by Crippen LogP contribution is -2.22. The molecule has 2 aromatic rings. The van der Waals surface area contributed by atoms with Crippen LogP contribution in [0.5, 0.6) is 0 Å². The monoisotopic (exact) mass is 698 g/mol. The number of nitrogens with zero attached hydrogens (tertiary/aromatic N) is 2. The van der Waals surface area contributed by atoms with Gasteiger partial charge in [0.05, 0.1) is 10.1 Å². The molecule has 0 spiro atoms. The van der Waals surface area contributed by atoms with Crippen LogP contribution in [0.3, 0.4) is 0 Å². The normalized spacial score (nSPS) is 14.8. The zero-order valence-corrected chi connectivity index (χ0v) is 31.5. The smallest absolute Gasteiger partial charge is 0.107 e. The molecule has 4 heterocycles. The van der Waals surface area contributed by atoms with Gasteiger partial charge in [0.15, 0.2) is 0 Å². The first-order chi connectivity index (χ1) is 20.5. The third kappa shape index (κ3) is 10.5. The third-order valence-corrected chi connectivity index (χ3v) is 12.3. The highest BCUT2D eigenvalue weighted by atomic mass is 32.2. The van der Waals surface area contributed by atoms with Crippen molar-refractivity contribution in [3.63, 3.8) is 0 Å². The van der Waals surface area contributed by atoms with Crippen LogP contribution in [0.15, 0.2) is 32.0 Å². The number of rotatable bonds is 18. The van der Waals surface area contributed by atoms with E-state index < -0.39 is 0 Å². The van der Waals surface area contributed by atoms with Crippen molar-refractivity contribution in [3.8, 4) is 0 Å². The predicted molar refractivity (Wildman–Crippen MR) is 195 cm³/mol. The molecule has 0 saturated carbocycles. The number of fused-ring (bicyclic) bond motifs is 2. The van der Waals surface area contributed by atoms with Crippen molar-refractivity contribution in [2.75, 3.05) is 37.9 Å². The Morgan fingerprint density at radius 2 is 1.07 bits per heavy atom. The number of pyridine rings is 2. The minimum Gasteiger partial charge on any atom is -0.381 e. The summed E-state index contributed by atoms with van der Waals surface area (Å²) in [4.78, 5) is 2.65. The molecular weight excluding hydrogens is 649 g/mol. The summed E-state index contributed by atoms with van der Waals surface area (Å²) in [6.45, 7) is 14.4. The number of thiol groups is 2. The molecule has 2 aliphatic heterocycles. The van der Waals surface area contributed by atoms with E-state index in [1.54, 1.807) is 0 Å². The van der Waals surface area contributed by atoms with Crippen molar-refractivity contribution in [2.24, 2.45) is 10.8 Å². The van der Waals surface area contributed by atoms with Gasteiger partial charge in [-0.15, -0.1) is 48.8 Å². The molecule has 2 aromatic heterocycles. The van der Waals surface area contributed by atoms with Gasteiger partial charge < -0.3 is 18.6 Å². The lowest BCUT2D eigenvalue weighted by Gasteiger charge is -2.28. The van der Waals surface area contributed by atoms with Crippen LogP contribution in [0.25, 0.3) is 0 Å². The molecule has 4 rings (SSSR count). The molecule has 0 radical (unpaired) electrons. The lowest BCUT2D eigenvalue weighted by atomic mass is 9.87. The predicted octanol–water partition coefficient (Wildman–Crippen LogP) is 10.1. The molecule has 4 nitrogen and oxygen atoms in total. The summed E-state index contributed by atoms with van der Waals surface area (Å²) < 4.78 is 18.1. The molecule has 240 valence electrons. The number of aromatic nitrogens is 2. The summed E-state index contributed by atoms with van der Waals surface area (Å²) >= 11 is 24.9. The average Bonchev–Trinajstić information content (AvgIpc) is 3.61. The second-order valence-corrected chi connectivity index (χ2v) is 17.4. The molecule has 43 heavy (non-hydrogen) atoms. The maximum Gasteiger partial charge on any atom is 0.107 e. The van der Waals surface area contributed by atoms with Crippen molar-refractivity contribution in [2.45, 2.75) is 118 Å². The Kier molecular flexibility index (Phi) is 14.0. The Balaban J connectivity index is 1.01. The molecule has 0 unspecified atom stereocenters. The van der Waals surface area contributed by atoms with Gasteiger partial charge in [-0.1, -0.05) is 65.0 Å². The molecule has 0 atom stereocenters. The minimum atomic E-state index is 0.169. The number of ether oxygens (including phenoxy) is 2. The summed E-state index contributed by atoms with van der Waals surface area (Å²) in [6, 6.07) is 4.34. The van der Waals surface area contributed by atoms with Crippen molar-refractivity contribution in [1.29, 1.82) is 0 Å². The van der Waals surface area contributed by atoms with E-state index in [4.69, 9.17) is 59.2 Å². The summed E-state index contributed by atoms with van der Waals surface area (Å²) in [5.41, 5.74) is 3.08. The molecule has 0 aliphatic carbocycles. The highest BCUT2D eigenvalue weighted by Gasteiger charge is 2.24. The van der Waals surface area contributed by atoms with E-state index in [1.165, 1.54) is 20.9 Å². The van der Waals surface area contributed by atoms with Crippen LogP contribution in [-0.4, -0.2) is 47.1 Å². The first-order valence-electron chi connectivity index (χ1n) is 15.8. The Morgan fingerprint density at radius 1 is 0.674 bits per heavy atom. The maximum absolute atomic E-state index is 5.90. The molecule has 0 N–H and O–H groups in total. The minimum absolute atomic E-state index is 0.169. The van der Waals surface area contributed by atoms with Gasteiger partial charge in [-0.3, -0.25) is 0 Å². The molecule has 2 aliphatic rings. The lowest BCUT2D eigenvalue weighted by molar-refractivity contribution is 0.0774. The maximum atomic E-state index is 5.90. The quantitative estimate of drug-likeness (QED) is 0.0915. The first kappa shape index (κ1) is 35.9. The van der Waals surface area contributed by atoms with Gasteiger partial charge in [-0.25, -0.2) is 0 Å². The van der Waals surface area contributed by atoms with Crippen LogP contribution in [-0.2, 0) is 35.4 Å². The van der Waals surface area contributed by atoms with Crippen LogP contribution in [0.1, 0.15) is 83.8 Å². The van der Waals surface area contributed by atoms with Gasteiger partial charge in [0.2, 0.25) is 0 Å². The summed E-state index contributed by atoms with van der Waals surface area (Å²) in [5, 5.41) is 2.13. The van der Waals surface area contributed by atoms with Gasteiger partial charge in [-0.2, -0.15) is 0 Å². The van der Waals surface area contributed by atoms with Gasteiger partial charge in [0.1, 0.15) is 9.28 Å². The second kappa shape index (κ2) is 16.8. The Morgan fingerprint density at radius 3 is 1.49 bits per heavy atom. The van der Waals surface area contributed by atoms with Crippen LogP contribution < -0.4 is 0 Å². The second-order valence-electron chi connectivity index (χ2n) is 13.5. The first-order valence-corrected chi connectivity index (χ1v) is 19.5. The zero-order valence-electron chi connectivity index (χ0n) is 26.4. The van der Waals surface area contributed by atoms with Crippen LogP contribution >= 0.6 is 73.2 Å². The van der Waals surface area contributed by atoms with E-state index in [0.717, 1.165) is 128 Å². The zero-order chi connectivity index (χ0) is 31.0. The standard InChI is InChI=1S/C33H50N2O2S6/c1-32(2,22-34-28(38)20-26-24(30(34)40)10-18-42-26)12-5-7-14-36-16-9-17-37-15-8-6-13-33(3,4)23-35-29(39)21-27-25(31(35)41)11-19-43-27/h20-21,40-41H,5-19,22-23H2,1-4H3. The average molecular weight is 699 g/mol. The van der Waals surface area contributed by atoms with E-state index in [2.05, 4.69) is 49.0 Å². The molecular formula is C33H50N2O2S6. The van der Waals surface area contributed by atoms with Crippen LogP contribution in [0.2, 0.25) is 0 Å². The highest BCUT2D eigenvalue weighted by Crippen LogP contribution is 2.38. The van der Waals surface area contributed by atoms with Gasteiger partial charge in [-0.05, 0) is 79.0 Å². The van der Waals surface area contributed by atoms with Gasteiger partial charge in [0, 0.05) is 60.8 Å². The largest absolute Gasteiger partial charge is 0.381 e. The SMILES string of the molecule is CC(C)(CCCCOCCCOCCCCC(C)(C)Cn1c(S)c2c(cc1=S)SCC2)Cn1c(S)c2c(cc1=S)SCC2. The Labute approximate surface area is 289 Å². The van der Waals surface area contributed by atoms with Crippen LogP contribution in [0, 0.1) is 20.1 Å². The molecule has 0 saturated heterocycles. The summed E-state index contributed by atoms with van der Waals surface area (Å²) in [7, 11) is 0. The van der Waals surface area contributed by atoms with Crippen molar-refractivity contribution in [1.82, 2.24) is 9.13 Å². The van der Waals surface area contributed by atoms with Crippen LogP contribution in [0.4, 0.5) is 0 Å². The van der Waals surface area contributed by atoms with E-state index in [1.807, 2.05) is 23.5 Å². The fourth-order valence-corrected chi connectivity index (χ4v) is 9.96. The molecule has 0 fully saturated rings. The van der Waals surface area contributed by atoms with E-state index >= 15 is 0 Å². The van der Waals surface area contributed by atoms with Crippen molar-refractivity contribution < 1.29 is 9.47 Å². The summed E-state index contributed by atoms with van der Waals surface area (Å²) in [5.74, 6) is 2.28. The van der Waals surface area contributed by atoms with Crippen molar-refractivity contribution in [3.05, 3.63) is 32.5 Å². The number of hydrogen-bond acceptors (Lipinski definition) is 8.